The van der Waals surface area contributed by atoms with Crippen LogP contribution >= 0.6 is 0 Å². The first kappa shape index (κ1) is 14.2. The molecule has 7 heteroatoms. The number of amides is 2. The van der Waals surface area contributed by atoms with Crippen LogP contribution in [0, 0.1) is 11.6 Å². The number of methoxy groups -OCH3 is 1. The van der Waals surface area contributed by atoms with Crippen LogP contribution in [0.1, 0.15) is 6.92 Å². The topological polar surface area (TPSA) is 70.6 Å². The Morgan fingerprint density at radius 2 is 2.00 bits per heavy atom. The molecular formula is C11H14F2N2O3. The summed E-state index contributed by atoms with van der Waals surface area (Å²) >= 11 is 0. The Morgan fingerprint density at radius 1 is 1.44 bits per heavy atom. The van der Waals surface area contributed by atoms with Gasteiger partial charge >= 0.3 is 6.03 Å². The van der Waals surface area contributed by atoms with Crippen LogP contribution in [0.2, 0.25) is 0 Å². The van der Waals surface area contributed by atoms with Crippen molar-refractivity contribution in [1.29, 1.82) is 0 Å². The predicted molar refractivity (Wildman–Crippen MR) is 61.6 cm³/mol. The maximum absolute atomic E-state index is 13.3. The van der Waals surface area contributed by atoms with E-state index in [-0.39, 0.29) is 12.3 Å². The number of hydrogen-bond donors (Lipinski definition) is 3. The Bertz CT molecular complexity index is 417. The van der Waals surface area contributed by atoms with Crippen molar-refractivity contribution >= 4 is 11.7 Å². The normalized spacial score (nSPS) is 11.8. The standard InChI is InChI=1S/C11H14F2N2O3/c1-6(5-16)14-11(17)15-7-3-8(12)10(18-2)9(13)4-7/h3-4,6,16H,5H2,1-2H3,(H2,14,15,17). The quantitative estimate of drug-likeness (QED) is 0.767. The molecule has 0 aliphatic heterocycles. The number of carbonyl (C=O) groups excluding carboxylic acids is 1. The maximum atomic E-state index is 13.3. The molecule has 5 nitrogen and oxygen atoms in total. The molecule has 0 spiro atoms. The van der Waals surface area contributed by atoms with Gasteiger partial charge in [0.15, 0.2) is 17.4 Å². The van der Waals surface area contributed by atoms with Crippen LogP contribution in [0.4, 0.5) is 19.3 Å². The van der Waals surface area contributed by atoms with E-state index in [0.29, 0.717) is 0 Å². The third kappa shape index (κ3) is 3.56. The van der Waals surface area contributed by atoms with Gasteiger partial charge in [-0.3, -0.25) is 0 Å². The number of nitrogens with one attached hydrogen (secondary N) is 2. The average Bonchev–Trinajstić information content (AvgIpc) is 2.28. The van der Waals surface area contributed by atoms with Crippen molar-refractivity contribution in [2.45, 2.75) is 13.0 Å². The number of benzene rings is 1. The van der Waals surface area contributed by atoms with Gasteiger partial charge in [-0.2, -0.15) is 0 Å². The van der Waals surface area contributed by atoms with E-state index in [4.69, 9.17) is 5.11 Å². The third-order valence-corrected chi connectivity index (χ3v) is 2.11. The molecule has 0 aliphatic carbocycles. The van der Waals surface area contributed by atoms with Crippen LogP contribution < -0.4 is 15.4 Å². The molecule has 0 fully saturated rings. The second-order valence-electron chi connectivity index (χ2n) is 3.66. The Labute approximate surface area is 103 Å². The van der Waals surface area contributed by atoms with E-state index in [1.165, 1.54) is 0 Å². The number of carbonyl (C=O) groups is 1. The van der Waals surface area contributed by atoms with Gasteiger partial charge in [0.05, 0.1) is 19.8 Å². The molecule has 0 aromatic heterocycles. The van der Waals surface area contributed by atoms with Crippen LogP contribution in [-0.4, -0.2) is 30.9 Å². The van der Waals surface area contributed by atoms with E-state index in [9.17, 15) is 13.6 Å². The molecule has 18 heavy (non-hydrogen) atoms. The van der Waals surface area contributed by atoms with E-state index in [2.05, 4.69) is 15.4 Å². The first-order chi connectivity index (χ1) is 8.47. The van der Waals surface area contributed by atoms with Gasteiger partial charge in [0, 0.05) is 17.8 Å². The molecule has 1 rings (SSSR count). The summed E-state index contributed by atoms with van der Waals surface area (Å²) in [5.74, 6) is -2.34. The molecule has 1 unspecified atom stereocenters. The zero-order chi connectivity index (χ0) is 13.7. The summed E-state index contributed by atoms with van der Waals surface area (Å²) in [4.78, 5) is 11.3. The molecule has 0 heterocycles. The molecule has 1 aromatic carbocycles. The van der Waals surface area contributed by atoms with Gasteiger partial charge in [0.1, 0.15) is 0 Å². The summed E-state index contributed by atoms with van der Waals surface area (Å²) < 4.78 is 31.1. The summed E-state index contributed by atoms with van der Waals surface area (Å²) in [7, 11) is 1.14. The highest BCUT2D eigenvalue weighted by molar-refractivity contribution is 5.89. The van der Waals surface area contributed by atoms with E-state index >= 15 is 0 Å². The number of rotatable bonds is 4. The highest BCUT2D eigenvalue weighted by Crippen LogP contribution is 2.25. The molecule has 0 bridgehead atoms. The van der Waals surface area contributed by atoms with Crippen molar-refractivity contribution in [2.75, 3.05) is 19.0 Å². The van der Waals surface area contributed by atoms with Crippen LogP contribution in [0.5, 0.6) is 5.75 Å². The minimum Gasteiger partial charge on any atom is -0.491 e. The Hall–Kier alpha value is -1.89. The summed E-state index contributed by atoms with van der Waals surface area (Å²) in [6.07, 6.45) is 0. The lowest BCUT2D eigenvalue weighted by molar-refractivity contribution is 0.229. The van der Waals surface area contributed by atoms with E-state index in [1.807, 2.05) is 0 Å². The molecule has 0 aliphatic rings. The number of halogens is 2. The zero-order valence-electron chi connectivity index (χ0n) is 9.96. The maximum Gasteiger partial charge on any atom is 0.319 e. The van der Waals surface area contributed by atoms with Crippen molar-refractivity contribution < 1.29 is 23.4 Å². The molecule has 1 aromatic rings. The van der Waals surface area contributed by atoms with E-state index in [1.54, 1.807) is 6.92 Å². The lowest BCUT2D eigenvalue weighted by Gasteiger charge is -2.12. The monoisotopic (exact) mass is 260 g/mol. The smallest absolute Gasteiger partial charge is 0.319 e. The number of hydrogen-bond acceptors (Lipinski definition) is 3. The van der Waals surface area contributed by atoms with E-state index < -0.39 is 29.5 Å². The minimum absolute atomic E-state index is 0.0477. The first-order valence-electron chi connectivity index (χ1n) is 5.19. The predicted octanol–water partition coefficient (Wildman–Crippen LogP) is 1.48. The molecule has 0 saturated heterocycles. The summed E-state index contributed by atoms with van der Waals surface area (Å²) in [5, 5.41) is 13.3. The minimum atomic E-state index is -0.914. The van der Waals surface area contributed by atoms with Crippen molar-refractivity contribution in [2.24, 2.45) is 0 Å². The second-order valence-corrected chi connectivity index (χ2v) is 3.66. The van der Waals surface area contributed by atoms with Gasteiger partial charge < -0.3 is 20.5 Å². The van der Waals surface area contributed by atoms with Crippen molar-refractivity contribution in [3.8, 4) is 5.75 Å². The molecular weight excluding hydrogens is 246 g/mol. The molecule has 0 radical (unpaired) electrons. The van der Waals surface area contributed by atoms with Gasteiger partial charge in [0.2, 0.25) is 0 Å². The SMILES string of the molecule is COc1c(F)cc(NC(=O)NC(C)CO)cc1F. The lowest BCUT2D eigenvalue weighted by Crippen LogP contribution is -2.38. The number of urea groups is 1. The van der Waals surface area contributed by atoms with Gasteiger partial charge in [-0.1, -0.05) is 0 Å². The van der Waals surface area contributed by atoms with Crippen LogP contribution in [-0.2, 0) is 0 Å². The summed E-state index contributed by atoms with van der Waals surface area (Å²) in [5.41, 5.74) is -0.0477. The fourth-order valence-electron chi connectivity index (χ4n) is 1.26. The second kappa shape index (κ2) is 6.15. The van der Waals surface area contributed by atoms with Crippen LogP contribution in [0.15, 0.2) is 12.1 Å². The average molecular weight is 260 g/mol. The molecule has 0 saturated carbocycles. The van der Waals surface area contributed by atoms with Crippen molar-refractivity contribution in [3.63, 3.8) is 0 Å². The van der Waals surface area contributed by atoms with Gasteiger partial charge in [-0.05, 0) is 6.92 Å². The van der Waals surface area contributed by atoms with Crippen molar-refractivity contribution in [1.82, 2.24) is 5.32 Å². The highest BCUT2D eigenvalue weighted by Gasteiger charge is 2.13. The fourth-order valence-corrected chi connectivity index (χ4v) is 1.26. The summed E-state index contributed by atoms with van der Waals surface area (Å²) in [6.45, 7) is 1.34. The molecule has 3 N–H and O–H groups in total. The van der Waals surface area contributed by atoms with Gasteiger partial charge in [-0.25, -0.2) is 13.6 Å². The third-order valence-electron chi connectivity index (χ3n) is 2.11. The summed E-state index contributed by atoms with van der Waals surface area (Å²) in [6, 6.07) is 0.745. The van der Waals surface area contributed by atoms with Crippen molar-refractivity contribution in [3.05, 3.63) is 23.8 Å². The zero-order valence-corrected chi connectivity index (χ0v) is 9.96. The lowest BCUT2D eigenvalue weighted by atomic mass is 10.2. The molecule has 2 amide bonds. The van der Waals surface area contributed by atoms with Gasteiger partial charge in [0.25, 0.3) is 0 Å². The van der Waals surface area contributed by atoms with Gasteiger partial charge in [-0.15, -0.1) is 0 Å². The van der Waals surface area contributed by atoms with Crippen LogP contribution in [0.3, 0.4) is 0 Å². The highest BCUT2D eigenvalue weighted by atomic mass is 19.1. The first-order valence-corrected chi connectivity index (χ1v) is 5.19. The Kier molecular flexibility index (Phi) is 4.85. The number of aliphatic hydroxyl groups is 1. The number of ether oxygens (including phenoxy) is 1. The van der Waals surface area contributed by atoms with Crippen LogP contribution in [0.25, 0.3) is 0 Å². The molecule has 100 valence electrons. The Balaban J connectivity index is 2.77. The Morgan fingerprint density at radius 3 is 2.44 bits per heavy atom. The van der Waals surface area contributed by atoms with E-state index in [0.717, 1.165) is 19.2 Å². The molecule has 1 atom stereocenters. The number of aliphatic hydroxyl groups excluding tert-OH is 1. The number of anilines is 1. The fraction of sp³-hybridized carbons (Fsp3) is 0.364. The largest absolute Gasteiger partial charge is 0.491 e.